The fraction of sp³-hybridized carbons (Fsp3) is 0.455. The molecule has 1 aromatic rings. The van der Waals surface area contributed by atoms with Crippen molar-refractivity contribution in [2.75, 3.05) is 18.0 Å². The zero-order valence-corrected chi connectivity index (χ0v) is 9.65. The van der Waals surface area contributed by atoms with Gasteiger partial charge in [-0.3, -0.25) is 0 Å². The Morgan fingerprint density at radius 1 is 1.07 bits per heavy atom. The lowest BCUT2D eigenvalue weighted by Crippen LogP contribution is -2.29. The lowest BCUT2D eigenvalue weighted by molar-refractivity contribution is 0.578. The summed E-state index contributed by atoms with van der Waals surface area (Å²) in [6.45, 7) is 2.36. The maximum Gasteiger partial charge on any atom is 0.0426 e. The summed E-state index contributed by atoms with van der Waals surface area (Å²) < 4.78 is 0. The van der Waals surface area contributed by atoms with E-state index in [2.05, 4.69) is 11.0 Å². The molecule has 0 radical (unpaired) electrons. The molecule has 78 valence electrons. The molecule has 1 aromatic carbocycles. The second-order valence-electron chi connectivity index (χ2n) is 3.53. The second kappa shape index (κ2) is 5.47. The number of hydrogen-bond donors (Lipinski definition) is 0. The molecule has 3 heteroatoms. The number of nitrogens with zero attached hydrogens (tertiary/aromatic N) is 1. The normalized spacial score (nSPS) is 16.2. The lowest BCUT2D eigenvalue weighted by Gasteiger charge is -2.28. The zero-order valence-electron chi connectivity index (χ0n) is 8.08. The number of anilines is 1. The SMILES string of the molecule is Cl.Clc1cccc(N2CCCCC2)c1. The fourth-order valence-corrected chi connectivity index (χ4v) is 2.01. The van der Waals surface area contributed by atoms with E-state index in [9.17, 15) is 0 Å². The summed E-state index contributed by atoms with van der Waals surface area (Å²) in [4.78, 5) is 2.41. The summed E-state index contributed by atoms with van der Waals surface area (Å²) in [5, 5.41) is 0.836. The van der Waals surface area contributed by atoms with Crippen LogP contribution in [0.3, 0.4) is 0 Å². The summed E-state index contributed by atoms with van der Waals surface area (Å²) in [6.07, 6.45) is 4.00. The first kappa shape index (κ1) is 11.7. The Morgan fingerprint density at radius 3 is 2.43 bits per heavy atom. The molecule has 1 heterocycles. The minimum Gasteiger partial charge on any atom is -0.371 e. The smallest absolute Gasteiger partial charge is 0.0426 e. The van der Waals surface area contributed by atoms with Gasteiger partial charge in [0, 0.05) is 23.8 Å². The molecule has 0 saturated carbocycles. The Hall–Kier alpha value is -0.400. The van der Waals surface area contributed by atoms with Crippen molar-refractivity contribution in [1.29, 1.82) is 0 Å². The Bertz CT molecular complexity index is 282. The molecular formula is C11H15Cl2N. The topological polar surface area (TPSA) is 3.24 Å². The molecule has 1 aliphatic heterocycles. The van der Waals surface area contributed by atoms with Gasteiger partial charge in [-0.25, -0.2) is 0 Å². The monoisotopic (exact) mass is 231 g/mol. The van der Waals surface area contributed by atoms with Gasteiger partial charge < -0.3 is 4.90 Å². The minimum atomic E-state index is 0. The van der Waals surface area contributed by atoms with E-state index >= 15 is 0 Å². The Labute approximate surface area is 96.5 Å². The van der Waals surface area contributed by atoms with Crippen LogP contribution >= 0.6 is 24.0 Å². The highest BCUT2D eigenvalue weighted by Gasteiger charge is 2.10. The van der Waals surface area contributed by atoms with Crippen molar-refractivity contribution in [2.45, 2.75) is 19.3 Å². The van der Waals surface area contributed by atoms with Crippen molar-refractivity contribution >= 4 is 29.7 Å². The summed E-state index contributed by atoms with van der Waals surface area (Å²) in [5.41, 5.74) is 1.27. The van der Waals surface area contributed by atoms with Gasteiger partial charge >= 0.3 is 0 Å². The lowest BCUT2D eigenvalue weighted by atomic mass is 10.1. The molecule has 0 unspecified atom stereocenters. The first-order valence-corrected chi connectivity index (χ1v) is 5.24. The van der Waals surface area contributed by atoms with Gasteiger partial charge in [0.1, 0.15) is 0 Å². The van der Waals surface area contributed by atoms with Crippen molar-refractivity contribution in [3.63, 3.8) is 0 Å². The molecule has 1 fully saturated rings. The molecule has 0 amide bonds. The van der Waals surface area contributed by atoms with E-state index in [1.165, 1.54) is 38.0 Å². The van der Waals surface area contributed by atoms with Crippen LogP contribution in [0.25, 0.3) is 0 Å². The van der Waals surface area contributed by atoms with Crippen LogP contribution in [0.4, 0.5) is 5.69 Å². The maximum absolute atomic E-state index is 5.94. The highest BCUT2D eigenvalue weighted by atomic mass is 35.5. The van der Waals surface area contributed by atoms with Gasteiger partial charge in [-0.1, -0.05) is 17.7 Å². The Kier molecular flexibility index (Phi) is 4.56. The largest absolute Gasteiger partial charge is 0.371 e. The molecule has 0 N–H and O–H groups in total. The van der Waals surface area contributed by atoms with Gasteiger partial charge in [0.05, 0.1) is 0 Å². The molecular weight excluding hydrogens is 217 g/mol. The van der Waals surface area contributed by atoms with E-state index in [0.29, 0.717) is 0 Å². The second-order valence-corrected chi connectivity index (χ2v) is 3.96. The predicted octanol–water partition coefficient (Wildman–Crippen LogP) is 3.75. The quantitative estimate of drug-likeness (QED) is 0.712. The van der Waals surface area contributed by atoms with E-state index in [4.69, 9.17) is 11.6 Å². The van der Waals surface area contributed by atoms with Crippen LogP contribution < -0.4 is 4.90 Å². The fourth-order valence-electron chi connectivity index (χ4n) is 1.82. The van der Waals surface area contributed by atoms with Crippen LogP contribution in [0.1, 0.15) is 19.3 Å². The van der Waals surface area contributed by atoms with Gasteiger partial charge in [0.15, 0.2) is 0 Å². The van der Waals surface area contributed by atoms with E-state index in [1.807, 2.05) is 18.2 Å². The highest BCUT2D eigenvalue weighted by molar-refractivity contribution is 6.30. The summed E-state index contributed by atoms with van der Waals surface area (Å²) in [6, 6.07) is 8.13. The Morgan fingerprint density at radius 2 is 1.79 bits per heavy atom. The summed E-state index contributed by atoms with van der Waals surface area (Å²) >= 11 is 5.94. The van der Waals surface area contributed by atoms with Crippen LogP contribution in [-0.2, 0) is 0 Å². The molecule has 14 heavy (non-hydrogen) atoms. The van der Waals surface area contributed by atoms with Crippen molar-refractivity contribution in [2.24, 2.45) is 0 Å². The van der Waals surface area contributed by atoms with Crippen molar-refractivity contribution < 1.29 is 0 Å². The third-order valence-corrected chi connectivity index (χ3v) is 2.76. The molecule has 0 atom stereocenters. The van der Waals surface area contributed by atoms with Crippen molar-refractivity contribution in [1.82, 2.24) is 0 Å². The van der Waals surface area contributed by atoms with Crippen molar-refractivity contribution in [3.8, 4) is 0 Å². The molecule has 0 bridgehead atoms. The molecule has 0 spiro atoms. The number of rotatable bonds is 1. The maximum atomic E-state index is 5.94. The number of halogens is 2. The van der Waals surface area contributed by atoms with Gasteiger partial charge in [-0.15, -0.1) is 12.4 Å². The number of benzene rings is 1. The van der Waals surface area contributed by atoms with Crippen LogP contribution in [-0.4, -0.2) is 13.1 Å². The van der Waals surface area contributed by atoms with E-state index in [-0.39, 0.29) is 12.4 Å². The molecule has 1 nitrogen and oxygen atoms in total. The standard InChI is InChI=1S/C11H14ClN.ClH/c12-10-5-4-6-11(9-10)13-7-2-1-3-8-13;/h4-6,9H,1-3,7-8H2;1H. The summed E-state index contributed by atoms with van der Waals surface area (Å²) in [7, 11) is 0. The molecule has 1 aliphatic rings. The molecule has 0 aromatic heterocycles. The van der Waals surface area contributed by atoms with Gasteiger partial charge in [-0.05, 0) is 37.5 Å². The van der Waals surface area contributed by atoms with Crippen LogP contribution in [0.2, 0.25) is 5.02 Å². The first-order valence-electron chi connectivity index (χ1n) is 4.87. The summed E-state index contributed by atoms with van der Waals surface area (Å²) in [5.74, 6) is 0. The van der Waals surface area contributed by atoms with E-state index < -0.39 is 0 Å². The Balaban J connectivity index is 0.000000980. The van der Waals surface area contributed by atoms with Crippen molar-refractivity contribution in [3.05, 3.63) is 29.3 Å². The average Bonchev–Trinajstić information content (AvgIpc) is 2.19. The highest BCUT2D eigenvalue weighted by Crippen LogP contribution is 2.22. The predicted molar refractivity (Wildman–Crippen MR) is 64.8 cm³/mol. The molecule has 1 saturated heterocycles. The van der Waals surface area contributed by atoms with E-state index in [0.717, 1.165) is 5.02 Å². The zero-order chi connectivity index (χ0) is 9.10. The average molecular weight is 232 g/mol. The van der Waals surface area contributed by atoms with E-state index in [1.54, 1.807) is 0 Å². The first-order chi connectivity index (χ1) is 6.36. The number of hydrogen-bond acceptors (Lipinski definition) is 1. The van der Waals surface area contributed by atoms with Crippen LogP contribution in [0.15, 0.2) is 24.3 Å². The van der Waals surface area contributed by atoms with Gasteiger partial charge in [0.2, 0.25) is 0 Å². The third-order valence-electron chi connectivity index (χ3n) is 2.53. The van der Waals surface area contributed by atoms with Crippen LogP contribution in [0, 0.1) is 0 Å². The number of piperidine rings is 1. The van der Waals surface area contributed by atoms with Gasteiger partial charge in [-0.2, -0.15) is 0 Å². The molecule has 2 rings (SSSR count). The van der Waals surface area contributed by atoms with Gasteiger partial charge in [0.25, 0.3) is 0 Å². The van der Waals surface area contributed by atoms with Crippen LogP contribution in [0.5, 0.6) is 0 Å². The minimum absolute atomic E-state index is 0. The third kappa shape index (κ3) is 2.79. The molecule has 0 aliphatic carbocycles.